The summed E-state index contributed by atoms with van der Waals surface area (Å²) in [4.78, 5) is 17.3. The Morgan fingerprint density at radius 2 is 2.00 bits per heavy atom. The first-order valence-electron chi connectivity index (χ1n) is 6.14. The predicted octanol–water partition coefficient (Wildman–Crippen LogP) is 2.24. The van der Waals surface area contributed by atoms with E-state index < -0.39 is 0 Å². The van der Waals surface area contributed by atoms with Crippen molar-refractivity contribution in [1.82, 2.24) is 19.9 Å². The standard InChI is InChI=1S/C13H17N5/c1-4-10-9(3)17-13(18-12(10)15-5-2)11-8-14-6-7-16-11/h6-8H,4-5H2,1-3H3,(H,15,17,18). The van der Waals surface area contributed by atoms with Gasteiger partial charge in [-0.05, 0) is 20.3 Å². The molecule has 0 bridgehead atoms. The SMILES string of the molecule is CCNc1nc(-c2cnccn2)nc(C)c1CC. The average Bonchev–Trinajstić information content (AvgIpc) is 2.40. The molecule has 0 saturated heterocycles. The van der Waals surface area contributed by atoms with Gasteiger partial charge in [0.1, 0.15) is 11.5 Å². The molecule has 0 aliphatic carbocycles. The van der Waals surface area contributed by atoms with Crippen LogP contribution in [0.25, 0.3) is 11.5 Å². The Balaban J connectivity index is 2.51. The minimum absolute atomic E-state index is 0.619. The van der Waals surface area contributed by atoms with E-state index in [9.17, 15) is 0 Å². The molecule has 2 aromatic rings. The molecule has 0 aliphatic rings. The molecule has 2 aromatic heterocycles. The first-order valence-corrected chi connectivity index (χ1v) is 6.14. The van der Waals surface area contributed by atoms with Gasteiger partial charge >= 0.3 is 0 Å². The van der Waals surface area contributed by atoms with Crippen molar-refractivity contribution in [3.8, 4) is 11.5 Å². The lowest BCUT2D eigenvalue weighted by Gasteiger charge is -2.12. The fraction of sp³-hybridized carbons (Fsp3) is 0.385. The van der Waals surface area contributed by atoms with Crippen LogP contribution in [0, 0.1) is 6.92 Å². The minimum Gasteiger partial charge on any atom is -0.370 e. The summed E-state index contributed by atoms with van der Waals surface area (Å²) in [5.41, 5.74) is 2.84. The van der Waals surface area contributed by atoms with Crippen molar-refractivity contribution in [2.45, 2.75) is 27.2 Å². The number of aryl methyl sites for hydroxylation is 1. The van der Waals surface area contributed by atoms with Gasteiger partial charge in [-0.25, -0.2) is 15.0 Å². The van der Waals surface area contributed by atoms with Crippen molar-refractivity contribution in [2.24, 2.45) is 0 Å². The van der Waals surface area contributed by atoms with Crippen molar-refractivity contribution >= 4 is 5.82 Å². The molecule has 2 rings (SSSR count). The minimum atomic E-state index is 0.619. The van der Waals surface area contributed by atoms with Gasteiger partial charge in [-0.1, -0.05) is 6.92 Å². The highest BCUT2D eigenvalue weighted by atomic mass is 15.0. The first-order chi connectivity index (χ1) is 8.76. The van der Waals surface area contributed by atoms with Gasteiger partial charge in [-0.15, -0.1) is 0 Å². The number of nitrogens with zero attached hydrogens (tertiary/aromatic N) is 4. The smallest absolute Gasteiger partial charge is 0.182 e. The van der Waals surface area contributed by atoms with Crippen LogP contribution < -0.4 is 5.32 Å². The van der Waals surface area contributed by atoms with Crippen LogP contribution in [0.2, 0.25) is 0 Å². The fourth-order valence-corrected chi connectivity index (χ4v) is 1.86. The third-order valence-corrected chi connectivity index (χ3v) is 2.70. The van der Waals surface area contributed by atoms with Crippen LogP contribution in [0.4, 0.5) is 5.82 Å². The molecule has 5 nitrogen and oxygen atoms in total. The molecule has 0 atom stereocenters. The highest BCUT2D eigenvalue weighted by Crippen LogP contribution is 2.20. The molecule has 94 valence electrons. The van der Waals surface area contributed by atoms with Crippen LogP contribution >= 0.6 is 0 Å². The van der Waals surface area contributed by atoms with Crippen molar-refractivity contribution in [2.75, 3.05) is 11.9 Å². The van der Waals surface area contributed by atoms with E-state index in [1.54, 1.807) is 18.6 Å². The van der Waals surface area contributed by atoms with E-state index in [4.69, 9.17) is 0 Å². The second-order valence-electron chi connectivity index (χ2n) is 3.93. The molecular weight excluding hydrogens is 226 g/mol. The summed E-state index contributed by atoms with van der Waals surface area (Å²) in [6, 6.07) is 0. The molecule has 0 radical (unpaired) electrons. The predicted molar refractivity (Wildman–Crippen MR) is 71.3 cm³/mol. The molecule has 0 aromatic carbocycles. The monoisotopic (exact) mass is 243 g/mol. The summed E-state index contributed by atoms with van der Waals surface area (Å²) in [5.74, 6) is 1.52. The lowest BCUT2D eigenvalue weighted by molar-refractivity contribution is 0.980. The molecule has 0 unspecified atom stereocenters. The maximum atomic E-state index is 4.54. The zero-order chi connectivity index (χ0) is 13.0. The topological polar surface area (TPSA) is 63.6 Å². The van der Waals surface area contributed by atoms with Crippen molar-refractivity contribution in [3.05, 3.63) is 29.8 Å². The lowest BCUT2D eigenvalue weighted by atomic mass is 10.1. The Bertz CT molecular complexity index is 524. The van der Waals surface area contributed by atoms with Gasteiger partial charge in [-0.2, -0.15) is 0 Å². The van der Waals surface area contributed by atoms with Gasteiger partial charge in [0.2, 0.25) is 0 Å². The molecule has 18 heavy (non-hydrogen) atoms. The van der Waals surface area contributed by atoms with E-state index in [2.05, 4.69) is 39.1 Å². The molecule has 2 heterocycles. The number of anilines is 1. The Morgan fingerprint density at radius 3 is 2.61 bits per heavy atom. The second-order valence-corrected chi connectivity index (χ2v) is 3.93. The zero-order valence-electron chi connectivity index (χ0n) is 10.9. The molecular formula is C13H17N5. The second kappa shape index (κ2) is 5.53. The number of hydrogen-bond acceptors (Lipinski definition) is 5. The van der Waals surface area contributed by atoms with Crippen LogP contribution in [0.15, 0.2) is 18.6 Å². The zero-order valence-corrected chi connectivity index (χ0v) is 10.9. The van der Waals surface area contributed by atoms with E-state index in [0.29, 0.717) is 11.5 Å². The van der Waals surface area contributed by atoms with Crippen molar-refractivity contribution < 1.29 is 0 Å². The van der Waals surface area contributed by atoms with Crippen LogP contribution in [0.5, 0.6) is 0 Å². The third kappa shape index (κ3) is 2.45. The van der Waals surface area contributed by atoms with E-state index in [1.165, 1.54) is 0 Å². The Kier molecular flexibility index (Phi) is 3.82. The van der Waals surface area contributed by atoms with Gasteiger partial charge < -0.3 is 5.32 Å². The quantitative estimate of drug-likeness (QED) is 0.892. The van der Waals surface area contributed by atoms with Crippen LogP contribution in [0.1, 0.15) is 25.1 Å². The maximum Gasteiger partial charge on any atom is 0.182 e. The Labute approximate surface area is 107 Å². The summed E-state index contributed by atoms with van der Waals surface area (Å²) in [7, 11) is 0. The number of rotatable bonds is 4. The highest BCUT2D eigenvalue weighted by molar-refractivity contribution is 5.55. The van der Waals surface area contributed by atoms with Crippen LogP contribution in [0.3, 0.4) is 0 Å². The maximum absolute atomic E-state index is 4.54. The van der Waals surface area contributed by atoms with Gasteiger partial charge in [0.05, 0.1) is 6.20 Å². The molecule has 0 aliphatic heterocycles. The van der Waals surface area contributed by atoms with Gasteiger partial charge in [0.15, 0.2) is 5.82 Å². The lowest BCUT2D eigenvalue weighted by Crippen LogP contribution is -2.08. The Hall–Kier alpha value is -2.04. The summed E-state index contributed by atoms with van der Waals surface area (Å²) < 4.78 is 0. The largest absolute Gasteiger partial charge is 0.370 e. The number of aromatic nitrogens is 4. The van der Waals surface area contributed by atoms with Crippen LogP contribution in [-0.4, -0.2) is 26.5 Å². The summed E-state index contributed by atoms with van der Waals surface area (Å²) in [5, 5.41) is 3.28. The average molecular weight is 243 g/mol. The van der Waals surface area contributed by atoms with Gasteiger partial charge in [0, 0.05) is 30.2 Å². The van der Waals surface area contributed by atoms with E-state index in [0.717, 1.165) is 30.0 Å². The molecule has 0 amide bonds. The molecule has 0 fully saturated rings. The summed E-state index contributed by atoms with van der Waals surface area (Å²) >= 11 is 0. The van der Waals surface area contributed by atoms with Gasteiger partial charge in [0.25, 0.3) is 0 Å². The number of hydrogen-bond donors (Lipinski definition) is 1. The highest BCUT2D eigenvalue weighted by Gasteiger charge is 2.11. The Morgan fingerprint density at radius 1 is 1.17 bits per heavy atom. The first kappa shape index (κ1) is 12.4. The number of nitrogens with one attached hydrogen (secondary N) is 1. The molecule has 0 spiro atoms. The van der Waals surface area contributed by atoms with E-state index >= 15 is 0 Å². The fourth-order valence-electron chi connectivity index (χ4n) is 1.86. The molecule has 1 N–H and O–H groups in total. The third-order valence-electron chi connectivity index (χ3n) is 2.70. The molecule has 0 saturated carbocycles. The molecule has 5 heteroatoms. The summed E-state index contributed by atoms with van der Waals surface area (Å²) in [6.07, 6.45) is 5.88. The van der Waals surface area contributed by atoms with Crippen molar-refractivity contribution in [1.29, 1.82) is 0 Å². The van der Waals surface area contributed by atoms with Crippen LogP contribution in [-0.2, 0) is 6.42 Å². The van der Waals surface area contributed by atoms with Crippen molar-refractivity contribution in [3.63, 3.8) is 0 Å². The van der Waals surface area contributed by atoms with E-state index in [1.807, 2.05) is 6.92 Å². The normalized spacial score (nSPS) is 10.4. The summed E-state index contributed by atoms with van der Waals surface area (Å²) in [6.45, 7) is 7.00. The van der Waals surface area contributed by atoms with E-state index in [-0.39, 0.29) is 0 Å². The van der Waals surface area contributed by atoms with Gasteiger partial charge in [-0.3, -0.25) is 4.98 Å².